The van der Waals surface area contributed by atoms with Crippen LogP contribution in [0.5, 0.6) is 0 Å². The first-order chi connectivity index (χ1) is 8.91. The number of hydrogen-bond donors (Lipinski definition) is 4. The molecule has 2 amide bonds. The quantitative estimate of drug-likeness (QED) is 0.631. The molecule has 0 aromatic carbocycles. The molecule has 0 bridgehead atoms. The van der Waals surface area contributed by atoms with Gasteiger partial charge < -0.3 is 20.8 Å². The third-order valence-corrected chi connectivity index (χ3v) is 3.50. The van der Waals surface area contributed by atoms with E-state index in [2.05, 4.69) is 10.6 Å². The zero-order valence-electron chi connectivity index (χ0n) is 10.8. The van der Waals surface area contributed by atoms with Crippen molar-refractivity contribution < 1.29 is 19.8 Å². The number of urea groups is 1. The summed E-state index contributed by atoms with van der Waals surface area (Å²) in [6.45, 7) is 3.64. The molecule has 4 N–H and O–H groups in total. The molecule has 0 aliphatic rings. The molecule has 1 aromatic heterocycles. The lowest BCUT2D eigenvalue weighted by Crippen LogP contribution is -2.44. The highest BCUT2D eigenvalue weighted by atomic mass is 32.1. The SMILES string of the molecule is CC(C)C(NC(=O)NC[C@H](O)C(=O)O)c1cccs1. The highest BCUT2D eigenvalue weighted by Crippen LogP contribution is 2.25. The number of carboxylic acids is 1. The van der Waals surface area contributed by atoms with Gasteiger partial charge in [-0.15, -0.1) is 11.3 Å². The van der Waals surface area contributed by atoms with Crippen LogP contribution >= 0.6 is 11.3 Å². The number of thiophene rings is 1. The average Bonchev–Trinajstić information content (AvgIpc) is 2.85. The largest absolute Gasteiger partial charge is 0.479 e. The van der Waals surface area contributed by atoms with E-state index in [1.54, 1.807) is 11.3 Å². The Bertz CT molecular complexity index is 419. The number of carbonyl (C=O) groups is 2. The number of carbonyl (C=O) groups excluding carboxylic acids is 1. The lowest BCUT2D eigenvalue weighted by atomic mass is 10.0. The Labute approximate surface area is 115 Å². The Hall–Kier alpha value is -1.60. The van der Waals surface area contributed by atoms with Gasteiger partial charge in [-0.3, -0.25) is 0 Å². The number of amides is 2. The summed E-state index contributed by atoms with van der Waals surface area (Å²) in [5.74, 6) is -1.16. The van der Waals surface area contributed by atoms with Crippen molar-refractivity contribution in [3.05, 3.63) is 22.4 Å². The number of aliphatic carboxylic acids is 1. The number of carboxylic acid groups (broad SMARTS) is 1. The van der Waals surface area contributed by atoms with E-state index in [0.29, 0.717) is 0 Å². The van der Waals surface area contributed by atoms with Crippen LogP contribution in [-0.4, -0.2) is 34.9 Å². The molecule has 1 unspecified atom stereocenters. The molecule has 19 heavy (non-hydrogen) atoms. The molecule has 106 valence electrons. The molecular formula is C12H18N2O4S. The van der Waals surface area contributed by atoms with Crippen LogP contribution in [0.3, 0.4) is 0 Å². The first kappa shape index (κ1) is 15.5. The van der Waals surface area contributed by atoms with Crippen molar-refractivity contribution in [2.24, 2.45) is 5.92 Å². The van der Waals surface area contributed by atoms with Crippen LogP contribution in [0.1, 0.15) is 24.8 Å². The Morgan fingerprint density at radius 3 is 2.58 bits per heavy atom. The molecule has 1 aromatic rings. The first-order valence-electron chi connectivity index (χ1n) is 5.90. The van der Waals surface area contributed by atoms with Gasteiger partial charge in [0.15, 0.2) is 6.10 Å². The fourth-order valence-electron chi connectivity index (χ4n) is 1.50. The highest BCUT2D eigenvalue weighted by Gasteiger charge is 2.20. The number of aliphatic hydroxyl groups is 1. The average molecular weight is 286 g/mol. The number of rotatable bonds is 6. The predicted octanol–water partition coefficient (Wildman–Crippen LogP) is 1.19. The fourth-order valence-corrected chi connectivity index (χ4v) is 2.45. The fraction of sp³-hybridized carbons (Fsp3) is 0.500. The van der Waals surface area contributed by atoms with Gasteiger partial charge in [0, 0.05) is 4.88 Å². The van der Waals surface area contributed by atoms with Crippen molar-refractivity contribution in [1.29, 1.82) is 0 Å². The maximum Gasteiger partial charge on any atom is 0.334 e. The molecule has 7 heteroatoms. The van der Waals surface area contributed by atoms with E-state index in [4.69, 9.17) is 10.2 Å². The Morgan fingerprint density at radius 1 is 1.42 bits per heavy atom. The molecule has 0 fully saturated rings. The van der Waals surface area contributed by atoms with Crippen LogP contribution in [0.25, 0.3) is 0 Å². The second-order valence-corrected chi connectivity index (χ2v) is 5.42. The van der Waals surface area contributed by atoms with E-state index < -0.39 is 18.1 Å². The third kappa shape index (κ3) is 4.88. The van der Waals surface area contributed by atoms with E-state index in [9.17, 15) is 9.59 Å². The topological polar surface area (TPSA) is 98.7 Å². The summed E-state index contributed by atoms with van der Waals surface area (Å²) in [5.41, 5.74) is 0. The van der Waals surface area contributed by atoms with Crippen molar-refractivity contribution in [1.82, 2.24) is 10.6 Å². The van der Waals surface area contributed by atoms with Gasteiger partial charge in [-0.05, 0) is 17.4 Å². The molecule has 6 nitrogen and oxygen atoms in total. The van der Waals surface area contributed by atoms with Gasteiger partial charge in [-0.1, -0.05) is 19.9 Å². The molecule has 0 aliphatic heterocycles. The van der Waals surface area contributed by atoms with Gasteiger partial charge in [-0.25, -0.2) is 9.59 Å². The maximum absolute atomic E-state index is 11.7. The number of nitrogens with one attached hydrogen (secondary N) is 2. The van der Waals surface area contributed by atoms with E-state index >= 15 is 0 Å². The van der Waals surface area contributed by atoms with Crippen molar-refractivity contribution in [2.45, 2.75) is 26.0 Å². The molecule has 0 saturated heterocycles. The standard InChI is InChI=1S/C12H18N2O4S/c1-7(2)10(9-4-3-5-19-9)14-12(18)13-6-8(15)11(16)17/h3-5,7-8,10,15H,6H2,1-2H3,(H,16,17)(H2,13,14,18)/t8-,10?/m0/s1. The van der Waals surface area contributed by atoms with Gasteiger partial charge >= 0.3 is 12.0 Å². The van der Waals surface area contributed by atoms with Crippen molar-refractivity contribution >= 4 is 23.3 Å². The van der Waals surface area contributed by atoms with E-state index in [0.717, 1.165) is 4.88 Å². The maximum atomic E-state index is 11.7. The summed E-state index contributed by atoms with van der Waals surface area (Å²) in [5, 5.41) is 24.6. The minimum absolute atomic E-state index is 0.137. The minimum atomic E-state index is -1.59. The summed E-state index contributed by atoms with van der Waals surface area (Å²) in [4.78, 5) is 23.1. The van der Waals surface area contributed by atoms with Gasteiger partial charge in [0.2, 0.25) is 0 Å². The van der Waals surface area contributed by atoms with Gasteiger partial charge in [0.1, 0.15) is 0 Å². The highest BCUT2D eigenvalue weighted by molar-refractivity contribution is 7.10. The first-order valence-corrected chi connectivity index (χ1v) is 6.78. The molecule has 0 aliphatic carbocycles. The van der Waals surface area contributed by atoms with Crippen LogP contribution in [0, 0.1) is 5.92 Å². The van der Waals surface area contributed by atoms with Crippen molar-refractivity contribution in [2.75, 3.05) is 6.54 Å². The molecular weight excluding hydrogens is 268 g/mol. The Morgan fingerprint density at radius 2 is 2.11 bits per heavy atom. The summed E-state index contributed by atoms with van der Waals surface area (Å²) in [6.07, 6.45) is -1.59. The van der Waals surface area contributed by atoms with Gasteiger partial charge in [0.05, 0.1) is 12.6 Å². The Kier molecular flexibility index (Phi) is 5.78. The third-order valence-electron chi connectivity index (χ3n) is 2.54. The van der Waals surface area contributed by atoms with Crippen LogP contribution < -0.4 is 10.6 Å². The summed E-state index contributed by atoms with van der Waals surface area (Å²) in [6, 6.07) is 3.21. The molecule has 1 rings (SSSR count). The zero-order valence-corrected chi connectivity index (χ0v) is 11.6. The molecule has 2 atom stereocenters. The van der Waals surface area contributed by atoms with Gasteiger partial charge in [0.25, 0.3) is 0 Å². The van der Waals surface area contributed by atoms with Crippen molar-refractivity contribution in [3.63, 3.8) is 0 Å². The molecule has 0 radical (unpaired) electrons. The van der Waals surface area contributed by atoms with Crippen LogP contribution in [-0.2, 0) is 4.79 Å². The molecule has 1 heterocycles. The predicted molar refractivity (Wildman–Crippen MR) is 72.1 cm³/mol. The summed E-state index contributed by atoms with van der Waals surface area (Å²) >= 11 is 1.54. The second-order valence-electron chi connectivity index (χ2n) is 4.45. The van der Waals surface area contributed by atoms with E-state index in [1.165, 1.54) is 0 Å². The molecule has 0 saturated carbocycles. The smallest absolute Gasteiger partial charge is 0.334 e. The van der Waals surface area contributed by atoms with Crippen molar-refractivity contribution in [3.8, 4) is 0 Å². The monoisotopic (exact) mass is 286 g/mol. The van der Waals surface area contributed by atoms with E-state index in [1.807, 2.05) is 31.4 Å². The normalized spacial score (nSPS) is 13.9. The van der Waals surface area contributed by atoms with E-state index in [-0.39, 0.29) is 18.5 Å². The zero-order chi connectivity index (χ0) is 14.4. The summed E-state index contributed by atoms with van der Waals surface area (Å²) < 4.78 is 0. The lowest BCUT2D eigenvalue weighted by Gasteiger charge is -2.21. The second kappa shape index (κ2) is 7.10. The van der Waals surface area contributed by atoms with Crippen LogP contribution in [0.15, 0.2) is 17.5 Å². The lowest BCUT2D eigenvalue weighted by molar-refractivity contribution is -0.146. The molecule has 0 spiro atoms. The van der Waals surface area contributed by atoms with Crippen LogP contribution in [0.2, 0.25) is 0 Å². The summed E-state index contributed by atoms with van der Waals surface area (Å²) in [7, 11) is 0. The minimum Gasteiger partial charge on any atom is -0.479 e. The van der Waals surface area contributed by atoms with Crippen LogP contribution in [0.4, 0.5) is 4.79 Å². The van der Waals surface area contributed by atoms with Gasteiger partial charge in [-0.2, -0.15) is 0 Å². The number of aliphatic hydroxyl groups excluding tert-OH is 1. The Balaban J connectivity index is 2.51. The number of hydrogen-bond acceptors (Lipinski definition) is 4.